The second-order valence-corrected chi connectivity index (χ2v) is 6.77. The molecule has 0 aliphatic rings. The molecule has 0 bridgehead atoms. The van der Waals surface area contributed by atoms with E-state index < -0.39 is 9.84 Å². The Morgan fingerprint density at radius 1 is 1.33 bits per heavy atom. The Bertz CT molecular complexity index is 491. The summed E-state index contributed by atoms with van der Waals surface area (Å²) in [5, 5.41) is 3.33. The Labute approximate surface area is 113 Å². The average molecular weight is 292 g/mol. The molecule has 102 valence electrons. The molecule has 0 amide bonds. The van der Waals surface area contributed by atoms with Gasteiger partial charge in [-0.15, -0.1) is 0 Å². The molecule has 0 atom stereocenters. The molecule has 0 aliphatic carbocycles. The van der Waals surface area contributed by atoms with Crippen LogP contribution < -0.4 is 5.32 Å². The average Bonchev–Trinajstić information content (AvgIpc) is 2.28. The number of hydrogen-bond donors (Lipinski definition) is 1. The van der Waals surface area contributed by atoms with E-state index in [-0.39, 0.29) is 11.5 Å². The van der Waals surface area contributed by atoms with Gasteiger partial charge in [0.15, 0.2) is 9.84 Å². The van der Waals surface area contributed by atoms with Gasteiger partial charge in [-0.25, -0.2) is 18.4 Å². The summed E-state index contributed by atoms with van der Waals surface area (Å²) in [5.74, 6) is 1.49. The zero-order valence-corrected chi connectivity index (χ0v) is 12.2. The van der Waals surface area contributed by atoms with Gasteiger partial charge in [0.2, 0.25) is 0 Å². The summed E-state index contributed by atoms with van der Waals surface area (Å²) in [5.41, 5.74) is 0. The minimum absolute atomic E-state index is 0.0915. The van der Waals surface area contributed by atoms with E-state index in [0.717, 1.165) is 12.8 Å². The third kappa shape index (κ3) is 5.18. The van der Waals surface area contributed by atoms with Gasteiger partial charge in [-0.3, -0.25) is 0 Å². The van der Waals surface area contributed by atoms with Crippen molar-refractivity contribution in [2.24, 2.45) is 0 Å². The predicted octanol–water partition coefficient (Wildman–Crippen LogP) is 1.93. The first-order chi connectivity index (χ1) is 8.46. The monoisotopic (exact) mass is 291 g/mol. The van der Waals surface area contributed by atoms with Crippen molar-refractivity contribution in [3.63, 3.8) is 0 Å². The van der Waals surface area contributed by atoms with E-state index in [1.165, 1.54) is 0 Å². The van der Waals surface area contributed by atoms with Crippen molar-refractivity contribution in [3.05, 3.63) is 17.0 Å². The van der Waals surface area contributed by atoms with Crippen molar-refractivity contribution in [1.82, 2.24) is 9.97 Å². The third-order valence-corrected chi connectivity index (χ3v) is 4.27. The highest BCUT2D eigenvalue weighted by molar-refractivity contribution is 7.91. The number of halogens is 1. The lowest BCUT2D eigenvalue weighted by Crippen LogP contribution is -2.18. The molecule has 1 aromatic rings. The number of sulfone groups is 1. The van der Waals surface area contributed by atoms with Crippen molar-refractivity contribution >= 4 is 27.3 Å². The van der Waals surface area contributed by atoms with Crippen LogP contribution in [0.15, 0.2) is 6.07 Å². The molecular weight excluding hydrogens is 274 g/mol. The molecule has 0 spiro atoms. The fourth-order valence-electron chi connectivity index (χ4n) is 1.37. The van der Waals surface area contributed by atoms with Crippen LogP contribution in [0.5, 0.6) is 0 Å². The van der Waals surface area contributed by atoms with Gasteiger partial charge in [0.05, 0.1) is 5.75 Å². The van der Waals surface area contributed by atoms with E-state index in [2.05, 4.69) is 15.3 Å². The van der Waals surface area contributed by atoms with Crippen LogP contribution in [0.2, 0.25) is 5.15 Å². The number of hydrogen-bond acceptors (Lipinski definition) is 5. The topological polar surface area (TPSA) is 72.0 Å². The minimum Gasteiger partial charge on any atom is -0.369 e. The Balaban J connectivity index is 2.62. The van der Waals surface area contributed by atoms with Gasteiger partial charge in [0, 0.05) is 24.8 Å². The Morgan fingerprint density at radius 3 is 2.67 bits per heavy atom. The second kappa shape index (κ2) is 6.89. The van der Waals surface area contributed by atoms with Crippen LogP contribution in [0.3, 0.4) is 0 Å². The molecule has 1 aromatic heterocycles. The van der Waals surface area contributed by atoms with Gasteiger partial charge in [-0.2, -0.15) is 0 Å². The van der Waals surface area contributed by atoms with Crippen LogP contribution in [-0.2, 0) is 16.3 Å². The number of nitrogens with one attached hydrogen (secondary N) is 1. The van der Waals surface area contributed by atoms with Crippen LogP contribution in [-0.4, -0.2) is 36.4 Å². The van der Waals surface area contributed by atoms with Crippen molar-refractivity contribution in [1.29, 1.82) is 0 Å². The van der Waals surface area contributed by atoms with Gasteiger partial charge < -0.3 is 5.32 Å². The lowest BCUT2D eigenvalue weighted by molar-refractivity contribution is 0.597. The molecule has 7 heteroatoms. The van der Waals surface area contributed by atoms with Crippen molar-refractivity contribution in [3.8, 4) is 0 Å². The van der Waals surface area contributed by atoms with Gasteiger partial charge in [0.1, 0.15) is 16.8 Å². The van der Waals surface area contributed by atoms with Crippen molar-refractivity contribution in [2.45, 2.75) is 26.7 Å². The lowest BCUT2D eigenvalue weighted by atomic mass is 10.3. The highest BCUT2D eigenvalue weighted by atomic mass is 35.5. The quantitative estimate of drug-likeness (QED) is 0.777. The van der Waals surface area contributed by atoms with Gasteiger partial charge in [-0.1, -0.05) is 25.4 Å². The smallest absolute Gasteiger partial charge is 0.151 e. The SMILES string of the molecule is CCCc1nc(Cl)cc(NCCS(=O)(=O)CC)n1. The largest absolute Gasteiger partial charge is 0.369 e. The molecule has 0 fully saturated rings. The number of anilines is 1. The van der Waals surface area contributed by atoms with E-state index in [4.69, 9.17) is 11.6 Å². The second-order valence-electron chi connectivity index (χ2n) is 3.91. The van der Waals surface area contributed by atoms with E-state index in [1.54, 1.807) is 13.0 Å². The van der Waals surface area contributed by atoms with Crippen LogP contribution in [0, 0.1) is 0 Å². The van der Waals surface area contributed by atoms with E-state index in [0.29, 0.717) is 23.3 Å². The maximum Gasteiger partial charge on any atom is 0.151 e. The highest BCUT2D eigenvalue weighted by Gasteiger charge is 2.07. The molecule has 1 rings (SSSR count). The standard InChI is InChI=1S/C11H18ClN3O2S/c1-3-5-10-14-9(12)8-11(15-10)13-6-7-18(16,17)4-2/h8H,3-7H2,1-2H3,(H,13,14,15). The Kier molecular flexibility index (Phi) is 5.81. The molecule has 1 heterocycles. The van der Waals surface area contributed by atoms with E-state index in [1.807, 2.05) is 6.92 Å². The molecule has 1 N–H and O–H groups in total. The van der Waals surface area contributed by atoms with E-state index >= 15 is 0 Å². The summed E-state index contributed by atoms with van der Waals surface area (Å²) < 4.78 is 22.7. The summed E-state index contributed by atoms with van der Waals surface area (Å²) >= 11 is 5.87. The molecule has 0 saturated carbocycles. The van der Waals surface area contributed by atoms with Crippen LogP contribution in [0.4, 0.5) is 5.82 Å². The van der Waals surface area contributed by atoms with Crippen molar-refractivity contribution < 1.29 is 8.42 Å². The summed E-state index contributed by atoms with van der Waals surface area (Å²) in [6.45, 7) is 4.00. The molecule has 0 unspecified atom stereocenters. The van der Waals surface area contributed by atoms with Gasteiger partial charge in [-0.05, 0) is 6.42 Å². The molecule has 0 radical (unpaired) electrons. The first kappa shape index (κ1) is 15.2. The summed E-state index contributed by atoms with van der Waals surface area (Å²) in [6.07, 6.45) is 1.69. The molecule has 5 nitrogen and oxygen atoms in total. The summed E-state index contributed by atoms with van der Waals surface area (Å²) in [6, 6.07) is 1.60. The fourth-order valence-corrected chi connectivity index (χ4v) is 2.27. The number of nitrogens with zero attached hydrogens (tertiary/aromatic N) is 2. The predicted molar refractivity (Wildman–Crippen MR) is 73.9 cm³/mol. The first-order valence-electron chi connectivity index (χ1n) is 5.94. The molecule has 18 heavy (non-hydrogen) atoms. The number of aryl methyl sites for hydroxylation is 1. The maximum atomic E-state index is 11.3. The molecule has 0 aromatic carbocycles. The number of aromatic nitrogens is 2. The fraction of sp³-hybridized carbons (Fsp3) is 0.636. The van der Waals surface area contributed by atoms with Crippen LogP contribution >= 0.6 is 11.6 Å². The summed E-state index contributed by atoms with van der Waals surface area (Å²) in [4.78, 5) is 8.36. The Morgan fingerprint density at radius 2 is 2.06 bits per heavy atom. The summed E-state index contributed by atoms with van der Waals surface area (Å²) in [7, 11) is -2.96. The highest BCUT2D eigenvalue weighted by Crippen LogP contribution is 2.12. The minimum atomic E-state index is -2.96. The van der Waals surface area contributed by atoms with Crippen molar-refractivity contribution in [2.75, 3.05) is 23.4 Å². The van der Waals surface area contributed by atoms with Gasteiger partial charge >= 0.3 is 0 Å². The third-order valence-electron chi connectivity index (χ3n) is 2.37. The Hall–Kier alpha value is -0.880. The first-order valence-corrected chi connectivity index (χ1v) is 8.14. The van der Waals surface area contributed by atoms with E-state index in [9.17, 15) is 8.42 Å². The molecule has 0 aliphatic heterocycles. The maximum absolute atomic E-state index is 11.3. The molecule has 0 saturated heterocycles. The van der Waals surface area contributed by atoms with Gasteiger partial charge in [0.25, 0.3) is 0 Å². The van der Waals surface area contributed by atoms with Crippen LogP contribution in [0.1, 0.15) is 26.1 Å². The van der Waals surface area contributed by atoms with Crippen LogP contribution in [0.25, 0.3) is 0 Å². The molecular formula is C11H18ClN3O2S. The zero-order valence-electron chi connectivity index (χ0n) is 10.6. The zero-order chi connectivity index (χ0) is 13.6. The number of rotatable bonds is 7. The lowest BCUT2D eigenvalue weighted by Gasteiger charge is -2.07. The normalized spacial score (nSPS) is 11.5.